The fraction of sp³-hybridized carbons (Fsp3) is 0.278. The van der Waals surface area contributed by atoms with E-state index in [-0.39, 0.29) is 5.91 Å². The van der Waals surface area contributed by atoms with Gasteiger partial charge in [-0.15, -0.1) is 11.8 Å². The van der Waals surface area contributed by atoms with Crippen molar-refractivity contribution in [1.82, 2.24) is 5.32 Å². The summed E-state index contributed by atoms with van der Waals surface area (Å²) in [5.41, 5.74) is 1.11. The van der Waals surface area contributed by atoms with E-state index in [4.69, 9.17) is 21.1 Å². The molecule has 4 nitrogen and oxygen atoms in total. The topological polar surface area (TPSA) is 47.6 Å². The van der Waals surface area contributed by atoms with Crippen molar-refractivity contribution in [2.45, 2.75) is 5.75 Å². The number of carbonyl (C=O) groups is 1. The smallest absolute Gasteiger partial charge is 0.230 e. The van der Waals surface area contributed by atoms with Crippen molar-refractivity contribution in [2.75, 3.05) is 26.0 Å². The highest BCUT2D eigenvalue weighted by Gasteiger charge is 2.03. The normalized spacial score (nSPS) is 10.2. The lowest BCUT2D eigenvalue weighted by molar-refractivity contribution is -0.118. The van der Waals surface area contributed by atoms with Gasteiger partial charge < -0.3 is 14.8 Å². The first kappa shape index (κ1) is 18.5. The predicted octanol–water partition coefficient (Wildman–Crippen LogP) is 3.78. The molecular weight excluding hydrogens is 346 g/mol. The molecule has 0 radical (unpaired) electrons. The second-order valence-electron chi connectivity index (χ2n) is 5.00. The van der Waals surface area contributed by atoms with Crippen molar-refractivity contribution in [3.63, 3.8) is 0 Å². The van der Waals surface area contributed by atoms with Gasteiger partial charge in [0, 0.05) is 16.8 Å². The van der Waals surface area contributed by atoms with E-state index in [1.807, 2.05) is 48.5 Å². The van der Waals surface area contributed by atoms with Gasteiger partial charge in [-0.25, -0.2) is 0 Å². The quantitative estimate of drug-likeness (QED) is 0.687. The lowest BCUT2D eigenvalue weighted by atomic mass is 10.2. The molecule has 1 amide bonds. The third-order valence-electron chi connectivity index (χ3n) is 3.13. The molecule has 0 spiro atoms. The maximum absolute atomic E-state index is 11.8. The molecule has 0 saturated heterocycles. The summed E-state index contributed by atoms with van der Waals surface area (Å²) in [7, 11) is 1.61. The fourth-order valence-corrected chi connectivity index (χ4v) is 3.01. The van der Waals surface area contributed by atoms with Gasteiger partial charge in [-0.05, 0) is 29.8 Å². The molecule has 0 fully saturated rings. The highest BCUT2D eigenvalue weighted by Crippen LogP contribution is 2.18. The summed E-state index contributed by atoms with van der Waals surface area (Å²) in [6, 6.07) is 15.0. The number of halogens is 1. The summed E-state index contributed by atoms with van der Waals surface area (Å²) in [5.74, 6) is 2.63. The first-order valence-electron chi connectivity index (χ1n) is 7.53. The van der Waals surface area contributed by atoms with Crippen LogP contribution >= 0.6 is 23.4 Å². The van der Waals surface area contributed by atoms with E-state index >= 15 is 0 Å². The molecule has 0 unspecified atom stereocenters. The van der Waals surface area contributed by atoms with Gasteiger partial charge in [-0.1, -0.05) is 29.8 Å². The SMILES string of the molecule is COc1cccc(OCCNC(=O)CSCc2cccc(Cl)c2)c1. The van der Waals surface area contributed by atoms with E-state index < -0.39 is 0 Å². The molecule has 0 aliphatic heterocycles. The number of nitrogens with one attached hydrogen (secondary N) is 1. The standard InChI is InChI=1S/C18H20ClNO3S/c1-22-16-6-3-7-17(11-16)23-9-8-20-18(21)13-24-12-14-4-2-5-15(19)10-14/h2-7,10-11H,8-9,12-13H2,1H3,(H,20,21). The third-order valence-corrected chi connectivity index (χ3v) is 4.36. The van der Waals surface area contributed by atoms with Gasteiger partial charge in [0.1, 0.15) is 18.1 Å². The Balaban J connectivity index is 1.59. The Bertz CT molecular complexity index is 666. The Morgan fingerprint density at radius 3 is 2.75 bits per heavy atom. The van der Waals surface area contributed by atoms with Crippen molar-refractivity contribution in [2.24, 2.45) is 0 Å². The van der Waals surface area contributed by atoms with Crippen LogP contribution in [-0.4, -0.2) is 31.9 Å². The largest absolute Gasteiger partial charge is 0.497 e. The van der Waals surface area contributed by atoms with Gasteiger partial charge in [-0.2, -0.15) is 0 Å². The summed E-state index contributed by atoms with van der Waals surface area (Å²) in [4.78, 5) is 11.8. The third kappa shape index (κ3) is 6.72. The van der Waals surface area contributed by atoms with Crippen LogP contribution < -0.4 is 14.8 Å². The van der Waals surface area contributed by atoms with E-state index in [0.717, 1.165) is 22.8 Å². The van der Waals surface area contributed by atoms with E-state index in [1.165, 1.54) is 0 Å². The Morgan fingerprint density at radius 2 is 1.96 bits per heavy atom. The maximum atomic E-state index is 11.8. The van der Waals surface area contributed by atoms with Gasteiger partial charge in [0.25, 0.3) is 0 Å². The average Bonchev–Trinajstić information content (AvgIpc) is 2.59. The number of ether oxygens (including phenoxy) is 2. The molecule has 0 aliphatic rings. The fourth-order valence-electron chi connectivity index (χ4n) is 1.99. The predicted molar refractivity (Wildman–Crippen MR) is 99.1 cm³/mol. The van der Waals surface area contributed by atoms with E-state index in [2.05, 4.69) is 5.32 Å². The van der Waals surface area contributed by atoms with Crippen molar-refractivity contribution in [3.05, 3.63) is 59.1 Å². The minimum absolute atomic E-state index is 0.00345. The van der Waals surface area contributed by atoms with Crippen LogP contribution in [0.1, 0.15) is 5.56 Å². The summed E-state index contributed by atoms with van der Waals surface area (Å²) >= 11 is 7.48. The highest BCUT2D eigenvalue weighted by molar-refractivity contribution is 7.99. The average molecular weight is 366 g/mol. The second kappa shape index (κ2) is 10.1. The molecule has 0 atom stereocenters. The maximum Gasteiger partial charge on any atom is 0.230 e. The monoisotopic (exact) mass is 365 g/mol. The first-order valence-corrected chi connectivity index (χ1v) is 9.06. The lowest BCUT2D eigenvalue weighted by Gasteiger charge is -2.09. The molecule has 0 saturated carbocycles. The minimum Gasteiger partial charge on any atom is -0.497 e. The zero-order chi connectivity index (χ0) is 17.2. The van der Waals surface area contributed by atoms with Gasteiger partial charge in [0.2, 0.25) is 5.91 Å². The summed E-state index contributed by atoms with van der Waals surface area (Å²) < 4.78 is 10.7. The number of thioether (sulfide) groups is 1. The number of hydrogen-bond donors (Lipinski definition) is 1. The Hall–Kier alpha value is -1.85. The molecule has 6 heteroatoms. The van der Waals surface area contributed by atoms with Crippen LogP contribution in [0.2, 0.25) is 5.02 Å². The lowest BCUT2D eigenvalue weighted by Crippen LogP contribution is -2.29. The second-order valence-corrected chi connectivity index (χ2v) is 6.42. The van der Waals surface area contributed by atoms with Crippen LogP contribution in [-0.2, 0) is 10.5 Å². The Morgan fingerprint density at radius 1 is 1.17 bits per heavy atom. The van der Waals surface area contributed by atoms with E-state index in [9.17, 15) is 4.79 Å². The van der Waals surface area contributed by atoms with Crippen LogP contribution in [0, 0.1) is 0 Å². The molecule has 1 N–H and O–H groups in total. The summed E-state index contributed by atoms with van der Waals surface area (Å²) in [5, 5.41) is 3.55. The minimum atomic E-state index is -0.00345. The van der Waals surface area contributed by atoms with Crippen molar-refractivity contribution in [1.29, 1.82) is 0 Å². The van der Waals surface area contributed by atoms with Crippen molar-refractivity contribution < 1.29 is 14.3 Å². The zero-order valence-corrected chi connectivity index (χ0v) is 15.0. The van der Waals surface area contributed by atoms with Crippen molar-refractivity contribution >= 4 is 29.3 Å². The van der Waals surface area contributed by atoms with Crippen LogP contribution in [0.15, 0.2) is 48.5 Å². The number of rotatable bonds is 9. The molecule has 24 heavy (non-hydrogen) atoms. The number of benzene rings is 2. The van der Waals surface area contributed by atoms with Crippen molar-refractivity contribution in [3.8, 4) is 11.5 Å². The van der Waals surface area contributed by atoms with E-state index in [1.54, 1.807) is 18.9 Å². The van der Waals surface area contributed by atoms with E-state index in [0.29, 0.717) is 23.9 Å². The van der Waals surface area contributed by atoms with Crippen LogP contribution in [0.5, 0.6) is 11.5 Å². The van der Waals surface area contributed by atoms with Gasteiger partial charge in [0.15, 0.2) is 0 Å². The van der Waals surface area contributed by atoms with Crippen LogP contribution in [0.3, 0.4) is 0 Å². The zero-order valence-electron chi connectivity index (χ0n) is 13.5. The first-order chi connectivity index (χ1) is 11.7. The molecule has 2 aromatic rings. The van der Waals surface area contributed by atoms with Crippen LogP contribution in [0.25, 0.3) is 0 Å². The summed E-state index contributed by atoms with van der Waals surface area (Å²) in [6.45, 7) is 0.881. The molecule has 0 heterocycles. The van der Waals surface area contributed by atoms with Gasteiger partial charge in [0.05, 0.1) is 19.4 Å². The number of hydrogen-bond acceptors (Lipinski definition) is 4. The van der Waals surface area contributed by atoms with Gasteiger partial charge >= 0.3 is 0 Å². The van der Waals surface area contributed by atoms with Crippen LogP contribution in [0.4, 0.5) is 0 Å². The summed E-state index contributed by atoms with van der Waals surface area (Å²) in [6.07, 6.45) is 0. The Labute approximate surface area is 151 Å². The Kier molecular flexibility index (Phi) is 7.79. The molecular formula is C18H20ClNO3S. The molecule has 2 aromatic carbocycles. The van der Waals surface area contributed by atoms with Gasteiger partial charge in [-0.3, -0.25) is 4.79 Å². The number of amides is 1. The highest BCUT2D eigenvalue weighted by atomic mass is 35.5. The molecule has 0 bridgehead atoms. The number of methoxy groups -OCH3 is 1. The molecule has 128 valence electrons. The molecule has 0 aromatic heterocycles. The molecule has 2 rings (SSSR count). The number of carbonyl (C=O) groups excluding carboxylic acids is 1. The molecule has 0 aliphatic carbocycles.